The second kappa shape index (κ2) is 7.48. The van der Waals surface area contributed by atoms with Gasteiger partial charge in [-0.2, -0.15) is 4.98 Å². The third-order valence-electron chi connectivity index (χ3n) is 3.55. The maximum absolute atomic E-state index is 12.4. The molecule has 0 saturated carbocycles. The van der Waals surface area contributed by atoms with Crippen LogP contribution in [0.25, 0.3) is 11.5 Å². The Morgan fingerprint density at radius 1 is 1.12 bits per heavy atom. The lowest BCUT2D eigenvalue weighted by molar-refractivity contribution is 0.0946. The van der Waals surface area contributed by atoms with E-state index < -0.39 is 0 Å². The summed E-state index contributed by atoms with van der Waals surface area (Å²) < 4.78 is 15.6. The quantitative estimate of drug-likeness (QED) is 0.743. The molecule has 0 spiro atoms. The summed E-state index contributed by atoms with van der Waals surface area (Å²) in [6, 6.07) is 14.4. The number of methoxy groups -OCH3 is 2. The molecule has 3 aromatic rings. The summed E-state index contributed by atoms with van der Waals surface area (Å²) in [6.07, 6.45) is 0. The zero-order chi connectivity index (χ0) is 17.6. The molecule has 1 amide bonds. The molecule has 1 aromatic heterocycles. The minimum Gasteiger partial charge on any atom is -0.497 e. The van der Waals surface area contributed by atoms with Gasteiger partial charge in [-0.25, -0.2) is 0 Å². The lowest BCUT2D eigenvalue weighted by Crippen LogP contribution is -2.24. The van der Waals surface area contributed by atoms with Gasteiger partial charge in [0.05, 0.1) is 26.3 Å². The molecular formula is C18H17N3O4. The minimum absolute atomic E-state index is 0.143. The van der Waals surface area contributed by atoms with E-state index in [1.54, 1.807) is 25.3 Å². The molecule has 25 heavy (non-hydrogen) atoms. The summed E-state index contributed by atoms with van der Waals surface area (Å²) >= 11 is 0. The Hall–Kier alpha value is -3.35. The van der Waals surface area contributed by atoms with Crippen LogP contribution in [0.5, 0.6) is 11.5 Å². The summed E-state index contributed by atoms with van der Waals surface area (Å²) in [7, 11) is 3.05. The highest BCUT2D eigenvalue weighted by Crippen LogP contribution is 2.24. The summed E-state index contributed by atoms with van der Waals surface area (Å²) in [5.74, 6) is 1.53. The van der Waals surface area contributed by atoms with Crippen molar-refractivity contribution in [3.05, 3.63) is 59.9 Å². The third-order valence-corrected chi connectivity index (χ3v) is 3.55. The van der Waals surface area contributed by atoms with E-state index in [1.807, 2.05) is 30.3 Å². The molecule has 0 radical (unpaired) electrons. The van der Waals surface area contributed by atoms with Gasteiger partial charge >= 0.3 is 0 Å². The number of aromatic nitrogens is 2. The van der Waals surface area contributed by atoms with Crippen molar-refractivity contribution in [2.75, 3.05) is 14.2 Å². The molecule has 0 saturated heterocycles. The molecule has 0 aliphatic rings. The first-order valence-electron chi connectivity index (χ1n) is 7.59. The average molecular weight is 339 g/mol. The van der Waals surface area contributed by atoms with Gasteiger partial charge in [0.1, 0.15) is 11.5 Å². The van der Waals surface area contributed by atoms with E-state index >= 15 is 0 Å². The second-order valence-corrected chi connectivity index (χ2v) is 5.13. The van der Waals surface area contributed by atoms with Crippen LogP contribution in [0, 0.1) is 0 Å². The predicted molar refractivity (Wildman–Crippen MR) is 90.5 cm³/mol. The lowest BCUT2D eigenvalue weighted by Gasteiger charge is -2.09. The fraction of sp³-hybridized carbons (Fsp3) is 0.167. The fourth-order valence-electron chi connectivity index (χ4n) is 2.26. The van der Waals surface area contributed by atoms with Gasteiger partial charge in [0.15, 0.2) is 5.82 Å². The molecule has 1 N–H and O–H groups in total. The van der Waals surface area contributed by atoms with Gasteiger partial charge in [-0.15, -0.1) is 0 Å². The van der Waals surface area contributed by atoms with Crippen molar-refractivity contribution >= 4 is 5.91 Å². The average Bonchev–Trinajstić information content (AvgIpc) is 3.15. The van der Waals surface area contributed by atoms with Gasteiger partial charge in [-0.3, -0.25) is 4.79 Å². The van der Waals surface area contributed by atoms with E-state index in [1.165, 1.54) is 7.11 Å². The van der Waals surface area contributed by atoms with Crippen molar-refractivity contribution in [3.8, 4) is 23.0 Å². The van der Waals surface area contributed by atoms with E-state index in [0.717, 1.165) is 5.56 Å². The molecule has 7 heteroatoms. The van der Waals surface area contributed by atoms with Crippen molar-refractivity contribution in [2.24, 2.45) is 0 Å². The van der Waals surface area contributed by atoms with E-state index in [2.05, 4.69) is 15.5 Å². The van der Waals surface area contributed by atoms with Crippen LogP contribution >= 0.6 is 0 Å². The zero-order valence-corrected chi connectivity index (χ0v) is 13.9. The van der Waals surface area contributed by atoms with Crippen molar-refractivity contribution in [1.82, 2.24) is 15.5 Å². The van der Waals surface area contributed by atoms with Crippen LogP contribution < -0.4 is 14.8 Å². The second-order valence-electron chi connectivity index (χ2n) is 5.13. The van der Waals surface area contributed by atoms with E-state index in [9.17, 15) is 4.79 Å². The number of amides is 1. The first-order valence-corrected chi connectivity index (χ1v) is 7.59. The number of nitrogens with zero attached hydrogens (tertiary/aromatic N) is 2. The number of hydrogen-bond donors (Lipinski definition) is 1. The summed E-state index contributed by atoms with van der Waals surface area (Å²) in [6.45, 7) is 0.143. The third kappa shape index (κ3) is 3.77. The maximum Gasteiger partial charge on any atom is 0.257 e. The molecule has 0 unspecified atom stereocenters. The number of ether oxygens (including phenoxy) is 2. The standard InChI is InChI=1S/C18H17N3O4/c1-23-13-8-9-14(15(10-13)24-2)17(22)19-11-16-20-18(25-21-16)12-6-4-3-5-7-12/h3-10H,11H2,1-2H3,(H,19,22). The number of benzene rings is 2. The Morgan fingerprint density at radius 3 is 2.64 bits per heavy atom. The smallest absolute Gasteiger partial charge is 0.257 e. The van der Waals surface area contributed by atoms with Crippen molar-refractivity contribution in [3.63, 3.8) is 0 Å². The van der Waals surface area contributed by atoms with Crippen LogP contribution in [0.2, 0.25) is 0 Å². The normalized spacial score (nSPS) is 10.3. The molecule has 128 valence electrons. The molecular weight excluding hydrogens is 322 g/mol. The van der Waals surface area contributed by atoms with Crippen LogP contribution in [0.1, 0.15) is 16.2 Å². The molecule has 1 heterocycles. The molecule has 2 aromatic carbocycles. The fourth-order valence-corrected chi connectivity index (χ4v) is 2.26. The topological polar surface area (TPSA) is 86.5 Å². The van der Waals surface area contributed by atoms with Crippen LogP contribution in [0.3, 0.4) is 0 Å². The molecule has 7 nitrogen and oxygen atoms in total. The first kappa shape index (κ1) is 16.5. The number of nitrogens with one attached hydrogen (secondary N) is 1. The lowest BCUT2D eigenvalue weighted by atomic mass is 10.1. The summed E-state index contributed by atoms with van der Waals surface area (Å²) in [5.41, 5.74) is 1.22. The van der Waals surface area contributed by atoms with E-state index in [4.69, 9.17) is 14.0 Å². The van der Waals surface area contributed by atoms with Crippen molar-refractivity contribution in [1.29, 1.82) is 0 Å². The Labute approximate surface area is 144 Å². The first-order chi connectivity index (χ1) is 12.2. The zero-order valence-electron chi connectivity index (χ0n) is 13.9. The molecule has 0 fully saturated rings. The van der Waals surface area contributed by atoms with Crippen LogP contribution in [-0.4, -0.2) is 30.3 Å². The van der Waals surface area contributed by atoms with Crippen LogP contribution in [0.4, 0.5) is 0 Å². The summed E-state index contributed by atoms with van der Waals surface area (Å²) in [4.78, 5) is 16.6. The van der Waals surface area contributed by atoms with Gasteiger partial charge < -0.3 is 19.3 Å². The number of carbonyl (C=O) groups excluding carboxylic acids is 1. The van der Waals surface area contributed by atoms with Crippen LogP contribution in [0.15, 0.2) is 53.1 Å². The van der Waals surface area contributed by atoms with Gasteiger partial charge in [-0.1, -0.05) is 23.4 Å². The SMILES string of the molecule is COc1ccc(C(=O)NCc2noc(-c3ccccc3)n2)c(OC)c1. The maximum atomic E-state index is 12.4. The van der Waals surface area contributed by atoms with Crippen molar-refractivity contribution in [2.45, 2.75) is 6.54 Å². The number of hydrogen-bond acceptors (Lipinski definition) is 6. The van der Waals surface area contributed by atoms with Crippen molar-refractivity contribution < 1.29 is 18.8 Å². The molecule has 0 aliphatic heterocycles. The molecule has 0 bridgehead atoms. The van der Waals surface area contributed by atoms with Crippen LogP contribution in [-0.2, 0) is 6.54 Å². The monoisotopic (exact) mass is 339 g/mol. The van der Waals surface area contributed by atoms with Gasteiger partial charge in [0, 0.05) is 11.6 Å². The largest absolute Gasteiger partial charge is 0.497 e. The van der Waals surface area contributed by atoms with Gasteiger partial charge in [-0.05, 0) is 24.3 Å². The number of carbonyl (C=O) groups is 1. The van der Waals surface area contributed by atoms with E-state index in [-0.39, 0.29) is 12.5 Å². The highest BCUT2D eigenvalue weighted by Gasteiger charge is 2.15. The Bertz CT molecular complexity index is 862. The predicted octanol–water partition coefficient (Wildman–Crippen LogP) is 2.68. The Morgan fingerprint density at radius 2 is 1.92 bits per heavy atom. The molecule has 0 aliphatic carbocycles. The Kier molecular flexibility index (Phi) is 4.94. The Balaban J connectivity index is 1.68. The highest BCUT2D eigenvalue weighted by molar-refractivity contribution is 5.97. The molecule has 3 rings (SSSR count). The van der Waals surface area contributed by atoms with Gasteiger partial charge in [0.2, 0.25) is 0 Å². The van der Waals surface area contributed by atoms with Gasteiger partial charge in [0.25, 0.3) is 11.8 Å². The highest BCUT2D eigenvalue weighted by atomic mass is 16.5. The summed E-state index contributed by atoms with van der Waals surface area (Å²) in [5, 5.41) is 6.62. The minimum atomic E-state index is -0.300. The molecule has 0 atom stereocenters. The van der Waals surface area contributed by atoms with E-state index in [0.29, 0.717) is 28.8 Å². The number of rotatable bonds is 6.